The van der Waals surface area contributed by atoms with E-state index in [0.717, 1.165) is 32.9 Å². The van der Waals surface area contributed by atoms with Gasteiger partial charge in [0.1, 0.15) is 11.3 Å². The molecule has 1 heterocycles. The van der Waals surface area contributed by atoms with E-state index in [1.54, 1.807) is 24.9 Å². The molecule has 0 aliphatic heterocycles. The van der Waals surface area contributed by atoms with Crippen molar-refractivity contribution < 1.29 is 9.15 Å². The van der Waals surface area contributed by atoms with Gasteiger partial charge in [-0.1, -0.05) is 0 Å². The Hall–Kier alpha value is -2.20. The molecule has 0 fully saturated rings. The van der Waals surface area contributed by atoms with E-state index in [-0.39, 0.29) is 5.63 Å². The average Bonchev–Trinajstić information content (AvgIpc) is 2.55. The van der Waals surface area contributed by atoms with Gasteiger partial charge in [-0.3, -0.25) is 0 Å². The minimum atomic E-state index is -0.300. The Bertz CT molecular complexity index is 895. The van der Waals surface area contributed by atoms with Crippen LogP contribution in [0.1, 0.15) is 16.7 Å². The second-order valence-corrected chi connectivity index (χ2v) is 6.54. The predicted octanol–water partition coefficient (Wildman–Crippen LogP) is 4.71. The van der Waals surface area contributed by atoms with E-state index in [9.17, 15) is 4.79 Å². The number of ether oxygens (including phenoxy) is 1. The van der Waals surface area contributed by atoms with Gasteiger partial charge in [-0.25, -0.2) is 4.79 Å². The third kappa shape index (κ3) is 3.42. The maximum absolute atomic E-state index is 11.8. The molecule has 3 aromatic rings. The number of rotatable bonds is 4. The lowest BCUT2D eigenvalue weighted by Crippen LogP contribution is -2.00. The van der Waals surface area contributed by atoms with E-state index in [0.29, 0.717) is 5.58 Å². The number of aryl methyl sites for hydroxylation is 2. The van der Waals surface area contributed by atoms with Gasteiger partial charge in [0.2, 0.25) is 0 Å². The molecular formula is C19H18O3S. The monoisotopic (exact) mass is 326 g/mol. The first-order valence-electron chi connectivity index (χ1n) is 7.37. The molecule has 0 bridgehead atoms. The highest BCUT2D eigenvalue weighted by Gasteiger charge is 2.08. The molecule has 0 unspecified atom stereocenters. The summed E-state index contributed by atoms with van der Waals surface area (Å²) in [6.45, 7) is 4.09. The summed E-state index contributed by atoms with van der Waals surface area (Å²) in [5.41, 5.74) is 3.68. The van der Waals surface area contributed by atoms with Crippen molar-refractivity contribution in [2.45, 2.75) is 24.5 Å². The van der Waals surface area contributed by atoms with Crippen LogP contribution in [0.25, 0.3) is 11.0 Å². The summed E-state index contributed by atoms with van der Waals surface area (Å²) in [5.74, 6) is 1.56. The predicted molar refractivity (Wildman–Crippen MR) is 94.5 cm³/mol. The van der Waals surface area contributed by atoms with Crippen molar-refractivity contribution in [3.8, 4) is 5.75 Å². The number of hydrogen-bond donors (Lipinski definition) is 0. The minimum absolute atomic E-state index is 0.300. The van der Waals surface area contributed by atoms with Gasteiger partial charge in [0, 0.05) is 22.1 Å². The molecule has 0 amide bonds. The third-order valence-corrected chi connectivity index (χ3v) is 4.96. The van der Waals surface area contributed by atoms with Crippen LogP contribution in [0.2, 0.25) is 0 Å². The summed E-state index contributed by atoms with van der Waals surface area (Å²) in [4.78, 5) is 12.9. The number of thioether (sulfide) groups is 1. The average molecular weight is 326 g/mol. The zero-order valence-electron chi connectivity index (χ0n) is 13.4. The van der Waals surface area contributed by atoms with Crippen molar-refractivity contribution in [1.29, 1.82) is 0 Å². The van der Waals surface area contributed by atoms with E-state index in [1.165, 1.54) is 5.56 Å². The van der Waals surface area contributed by atoms with E-state index in [2.05, 4.69) is 13.0 Å². The van der Waals surface area contributed by atoms with Crippen LogP contribution in [0.15, 0.2) is 56.6 Å². The molecule has 1 aromatic heterocycles. The molecule has 0 saturated heterocycles. The molecule has 23 heavy (non-hydrogen) atoms. The van der Waals surface area contributed by atoms with Crippen LogP contribution in [0.5, 0.6) is 5.75 Å². The molecule has 0 saturated carbocycles. The molecule has 4 heteroatoms. The van der Waals surface area contributed by atoms with Crippen molar-refractivity contribution in [3.05, 3.63) is 69.6 Å². The van der Waals surface area contributed by atoms with E-state index < -0.39 is 0 Å². The Morgan fingerprint density at radius 2 is 1.74 bits per heavy atom. The second kappa shape index (κ2) is 6.50. The van der Waals surface area contributed by atoms with Crippen LogP contribution in [0.4, 0.5) is 0 Å². The normalized spacial score (nSPS) is 10.9. The fraction of sp³-hybridized carbons (Fsp3) is 0.211. The van der Waals surface area contributed by atoms with Gasteiger partial charge >= 0.3 is 5.63 Å². The third-order valence-electron chi connectivity index (χ3n) is 3.90. The summed E-state index contributed by atoms with van der Waals surface area (Å²) in [5, 5.41) is 1.01. The maximum atomic E-state index is 11.8. The highest BCUT2D eigenvalue weighted by Crippen LogP contribution is 2.29. The largest absolute Gasteiger partial charge is 0.497 e. The van der Waals surface area contributed by atoms with E-state index in [1.807, 2.05) is 37.3 Å². The van der Waals surface area contributed by atoms with Gasteiger partial charge in [-0.2, -0.15) is 0 Å². The van der Waals surface area contributed by atoms with Crippen LogP contribution in [0, 0.1) is 13.8 Å². The van der Waals surface area contributed by atoms with Crippen molar-refractivity contribution in [2.24, 2.45) is 0 Å². The smallest absolute Gasteiger partial charge is 0.336 e. The molecule has 3 rings (SSSR count). The van der Waals surface area contributed by atoms with Gasteiger partial charge in [0.25, 0.3) is 0 Å². The Kier molecular flexibility index (Phi) is 4.44. The SMILES string of the molecule is COc1ccc(SCc2cc(=O)oc3cc(C)c(C)cc23)cc1. The van der Waals surface area contributed by atoms with Gasteiger partial charge in [-0.05, 0) is 66.9 Å². The maximum Gasteiger partial charge on any atom is 0.336 e. The molecule has 2 aromatic carbocycles. The van der Waals surface area contributed by atoms with Crippen molar-refractivity contribution >= 4 is 22.7 Å². The molecule has 0 aliphatic carbocycles. The first-order valence-corrected chi connectivity index (χ1v) is 8.36. The summed E-state index contributed by atoms with van der Waals surface area (Å²) in [7, 11) is 1.65. The first kappa shape index (κ1) is 15.7. The first-order chi connectivity index (χ1) is 11.1. The number of methoxy groups -OCH3 is 1. The van der Waals surface area contributed by atoms with E-state index in [4.69, 9.17) is 9.15 Å². The molecule has 0 N–H and O–H groups in total. The van der Waals surface area contributed by atoms with Gasteiger partial charge < -0.3 is 9.15 Å². The Morgan fingerprint density at radius 3 is 2.43 bits per heavy atom. The summed E-state index contributed by atoms with van der Waals surface area (Å²) in [6.07, 6.45) is 0. The highest BCUT2D eigenvalue weighted by atomic mass is 32.2. The zero-order chi connectivity index (χ0) is 16.4. The molecule has 0 radical (unpaired) electrons. The number of benzene rings is 2. The van der Waals surface area contributed by atoms with Crippen LogP contribution in [-0.4, -0.2) is 7.11 Å². The van der Waals surface area contributed by atoms with Crippen molar-refractivity contribution in [3.63, 3.8) is 0 Å². The highest BCUT2D eigenvalue weighted by molar-refractivity contribution is 7.98. The molecule has 3 nitrogen and oxygen atoms in total. The fourth-order valence-corrected chi connectivity index (χ4v) is 3.32. The lowest BCUT2D eigenvalue weighted by atomic mass is 10.0. The Labute approximate surface area is 139 Å². The molecule has 0 atom stereocenters. The van der Waals surface area contributed by atoms with Crippen molar-refractivity contribution in [2.75, 3.05) is 7.11 Å². The standard InChI is InChI=1S/C19H18O3S/c1-12-8-17-14(10-19(20)22-18(17)9-13(12)2)11-23-16-6-4-15(21-3)5-7-16/h4-10H,11H2,1-3H3. The summed E-state index contributed by atoms with van der Waals surface area (Å²) >= 11 is 1.69. The topological polar surface area (TPSA) is 39.4 Å². The molecule has 0 aliphatic rings. The quantitative estimate of drug-likeness (QED) is 0.514. The molecule has 118 valence electrons. The Morgan fingerprint density at radius 1 is 1.04 bits per heavy atom. The fourth-order valence-electron chi connectivity index (χ4n) is 2.44. The summed E-state index contributed by atoms with van der Waals surface area (Å²) in [6, 6.07) is 13.5. The number of fused-ring (bicyclic) bond motifs is 1. The Balaban J connectivity index is 1.92. The van der Waals surface area contributed by atoms with Crippen LogP contribution in [-0.2, 0) is 5.75 Å². The van der Waals surface area contributed by atoms with Crippen LogP contribution in [0.3, 0.4) is 0 Å². The molecular weight excluding hydrogens is 308 g/mol. The van der Waals surface area contributed by atoms with Crippen molar-refractivity contribution in [1.82, 2.24) is 0 Å². The number of hydrogen-bond acceptors (Lipinski definition) is 4. The van der Waals surface area contributed by atoms with Gasteiger partial charge in [0.15, 0.2) is 0 Å². The lowest BCUT2D eigenvalue weighted by molar-refractivity contribution is 0.414. The van der Waals surface area contributed by atoms with E-state index >= 15 is 0 Å². The van der Waals surface area contributed by atoms with Crippen LogP contribution < -0.4 is 10.4 Å². The second-order valence-electron chi connectivity index (χ2n) is 5.49. The molecule has 0 spiro atoms. The van der Waals surface area contributed by atoms with Crippen LogP contribution >= 0.6 is 11.8 Å². The van der Waals surface area contributed by atoms with Gasteiger partial charge in [0.05, 0.1) is 7.11 Å². The minimum Gasteiger partial charge on any atom is -0.497 e. The zero-order valence-corrected chi connectivity index (χ0v) is 14.2. The lowest BCUT2D eigenvalue weighted by Gasteiger charge is -2.08. The summed E-state index contributed by atoms with van der Waals surface area (Å²) < 4.78 is 10.5. The van der Waals surface area contributed by atoms with Gasteiger partial charge in [-0.15, -0.1) is 11.8 Å².